The van der Waals surface area contributed by atoms with Crippen LogP contribution >= 0.6 is 0 Å². The summed E-state index contributed by atoms with van der Waals surface area (Å²) in [5.41, 5.74) is 2.12. The molecule has 0 N–H and O–H groups in total. The van der Waals surface area contributed by atoms with E-state index in [9.17, 15) is 4.79 Å². The molecule has 2 aliphatic rings. The minimum Gasteiger partial charge on any atom is -0.426 e. The molecular formula is C35H52N2O2. The van der Waals surface area contributed by atoms with E-state index < -0.39 is 0 Å². The Hall–Kier alpha value is -2.23. The maximum absolute atomic E-state index is 12.9. The van der Waals surface area contributed by atoms with Crippen LogP contribution in [0.15, 0.2) is 36.7 Å². The summed E-state index contributed by atoms with van der Waals surface area (Å²) in [6.07, 6.45) is 27.2. The van der Waals surface area contributed by atoms with E-state index in [-0.39, 0.29) is 11.9 Å². The SMILES string of the molecule is CCCCCCCCC1CCC(C2CCC(C(=O)Oc3ccc(-c4ncc(CCCC)cn4)cc3)CC2)CC1. The van der Waals surface area contributed by atoms with Gasteiger partial charge in [-0.15, -0.1) is 0 Å². The van der Waals surface area contributed by atoms with Gasteiger partial charge < -0.3 is 4.74 Å². The molecule has 4 rings (SSSR count). The standard InChI is InChI=1S/C35H52N2O2/c1-3-5-7-8-9-10-12-27-13-15-29(16-14-27)30-17-19-32(20-18-30)35(38)39-33-23-21-31(22-24-33)34-36-25-28(26-37-34)11-6-4-2/h21-27,29-30,32H,3-20H2,1-2H3. The Labute approximate surface area is 237 Å². The van der Waals surface area contributed by atoms with Gasteiger partial charge in [-0.3, -0.25) is 4.79 Å². The monoisotopic (exact) mass is 532 g/mol. The summed E-state index contributed by atoms with van der Waals surface area (Å²) in [5.74, 6) is 4.00. The van der Waals surface area contributed by atoms with E-state index in [1.54, 1.807) is 0 Å². The van der Waals surface area contributed by atoms with Crippen LogP contribution in [0.3, 0.4) is 0 Å². The van der Waals surface area contributed by atoms with Crippen molar-refractivity contribution in [3.63, 3.8) is 0 Å². The van der Waals surface area contributed by atoms with Gasteiger partial charge in [0.1, 0.15) is 5.75 Å². The molecule has 0 aliphatic heterocycles. The average Bonchev–Trinajstić information content (AvgIpc) is 2.99. The van der Waals surface area contributed by atoms with Gasteiger partial charge in [-0.1, -0.05) is 78.1 Å². The molecule has 2 aliphatic carbocycles. The summed E-state index contributed by atoms with van der Waals surface area (Å²) >= 11 is 0. The Balaban J connectivity index is 1.14. The fourth-order valence-corrected chi connectivity index (χ4v) is 6.87. The molecule has 4 heteroatoms. The lowest BCUT2D eigenvalue weighted by molar-refractivity contribution is -0.140. The Morgan fingerprint density at radius 3 is 1.97 bits per heavy atom. The molecule has 1 aromatic heterocycles. The zero-order chi connectivity index (χ0) is 27.3. The number of rotatable bonds is 14. The Morgan fingerprint density at radius 2 is 1.33 bits per heavy atom. The van der Waals surface area contributed by atoms with Crippen LogP contribution in [-0.4, -0.2) is 15.9 Å². The number of aryl methyl sites for hydroxylation is 1. The first-order valence-electron chi connectivity index (χ1n) is 16.3. The van der Waals surface area contributed by atoms with Crippen molar-refractivity contribution in [2.24, 2.45) is 23.7 Å². The molecule has 2 aromatic rings. The van der Waals surface area contributed by atoms with E-state index in [4.69, 9.17) is 4.74 Å². The van der Waals surface area contributed by atoms with Gasteiger partial charge in [-0.2, -0.15) is 0 Å². The molecule has 0 radical (unpaired) electrons. The number of benzene rings is 1. The number of unbranched alkanes of at least 4 members (excludes halogenated alkanes) is 6. The largest absolute Gasteiger partial charge is 0.426 e. The zero-order valence-electron chi connectivity index (χ0n) is 24.7. The third kappa shape index (κ3) is 9.43. The lowest BCUT2D eigenvalue weighted by Crippen LogP contribution is -2.30. The van der Waals surface area contributed by atoms with Crippen molar-refractivity contribution in [2.75, 3.05) is 0 Å². The zero-order valence-corrected chi connectivity index (χ0v) is 24.7. The minimum atomic E-state index is -0.0552. The number of esters is 1. The fraction of sp³-hybridized carbons (Fsp3) is 0.686. The summed E-state index contributed by atoms with van der Waals surface area (Å²) < 4.78 is 5.79. The highest BCUT2D eigenvalue weighted by Gasteiger charge is 2.33. The van der Waals surface area contributed by atoms with Crippen LogP contribution in [0.1, 0.15) is 129 Å². The molecule has 0 spiro atoms. The number of nitrogens with zero attached hydrogens (tertiary/aromatic N) is 2. The van der Waals surface area contributed by atoms with Gasteiger partial charge in [-0.05, 0) is 98.9 Å². The lowest BCUT2D eigenvalue weighted by Gasteiger charge is -2.37. The summed E-state index contributed by atoms with van der Waals surface area (Å²) in [7, 11) is 0. The predicted molar refractivity (Wildman–Crippen MR) is 161 cm³/mol. The van der Waals surface area contributed by atoms with Gasteiger partial charge in [0, 0.05) is 18.0 Å². The van der Waals surface area contributed by atoms with Crippen LogP contribution in [0.5, 0.6) is 5.75 Å². The minimum absolute atomic E-state index is 0.0453. The Bertz CT molecular complexity index is 955. The molecule has 2 saturated carbocycles. The van der Waals surface area contributed by atoms with E-state index in [2.05, 4.69) is 23.8 Å². The van der Waals surface area contributed by atoms with Crippen molar-refractivity contribution in [1.82, 2.24) is 9.97 Å². The molecule has 0 atom stereocenters. The lowest BCUT2D eigenvalue weighted by atomic mass is 9.68. The first-order chi connectivity index (χ1) is 19.2. The molecule has 0 amide bonds. The highest BCUT2D eigenvalue weighted by Crippen LogP contribution is 2.42. The number of hydrogen-bond acceptors (Lipinski definition) is 4. The summed E-state index contributed by atoms with van der Waals surface area (Å²) in [5, 5.41) is 0. The number of ether oxygens (including phenoxy) is 1. The molecule has 0 bridgehead atoms. The van der Waals surface area contributed by atoms with Crippen LogP contribution in [0.25, 0.3) is 11.4 Å². The smallest absolute Gasteiger partial charge is 0.314 e. The number of hydrogen-bond donors (Lipinski definition) is 0. The van der Waals surface area contributed by atoms with Crippen molar-refractivity contribution in [3.8, 4) is 17.1 Å². The van der Waals surface area contributed by atoms with Gasteiger partial charge in [0.15, 0.2) is 5.82 Å². The fourth-order valence-electron chi connectivity index (χ4n) is 6.87. The van der Waals surface area contributed by atoms with E-state index in [0.29, 0.717) is 11.6 Å². The molecule has 0 saturated heterocycles. The van der Waals surface area contributed by atoms with Gasteiger partial charge in [0.05, 0.1) is 5.92 Å². The molecule has 214 valence electrons. The second-order valence-electron chi connectivity index (χ2n) is 12.4. The van der Waals surface area contributed by atoms with Crippen LogP contribution < -0.4 is 4.74 Å². The van der Waals surface area contributed by atoms with Crippen molar-refractivity contribution >= 4 is 5.97 Å². The first kappa shape index (κ1) is 29.7. The van der Waals surface area contributed by atoms with Gasteiger partial charge >= 0.3 is 5.97 Å². The second kappa shape index (κ2) is 16.1. The highest BCUT2D eigenvalue weighted by molar-refractivity contribution is 5.75. The Kier molecular flexibility index (Phi) is 12.3. The molecule has 39 heavy (non-hydrogen) atoms. The number of aromatic nitrogens is 2. The van der Waals surface area contributed by atoms with Crippen LogP contribution in [-0.2, 0) is 11.2 Å². The maximum Gasteiger partial charge on any atom is 0.314 e. The molecule has 0 unspecified atom stereocenters. The third-order valence-corrected chi connectivity index (χ3v) is 9.48. The summed E-state index contributed by atoms with van der Waals surface area (Å²) in [4.78, 5) is 22.0. The van der Waals surface area contributed by atoms with Crippen LogP contribution in [0.2, 0.25) is 0 Å². The summed E-state index contributed by atoms with van der Waals surface area (Å²) in [6, 6.07) is 7.64. The topological polar surface area (TPSA) is 52.1 Å². The van der Waals surface area contributed by atoms with Crippen molar-refractivity contribution in [3.05, 3.63) is 42.2 Å². The molecule has 2 fully saturated rings. The van der Waals surface area contributed by atoms with Gasteiger partial charge in [0.2, 0.25) is 0 Å². The molecule has 1 heterocycles. The van der Waals surface area contributed by atoms with Crippen molar-refractivity contribution in [1.29, 1.82) is 0 Å². The highest BCUT2D eigenvalue weighted by atomic mass is 16.5. The van der Waals surface area contributed by atoms with Crippen molar-refractivity contribution < 1.29 is 9.53 Å². The Morgan fingerprint density at radius 1 is 0.744 bits per heavy atom. The van der Waals surface area contributed by atoms with E-state index in [1.165, 1.54) is 95.5 Å². The van der Waals surface area contributed by atoms with Crippen LogP contribution in [0.4, 0.5) is 0 Å². The predicted octanol–water partition coefficient (Wildman–Crippen LogP) is 9.75. The normalized spacial score (nSPS) is 23.4. The third-order valence-electron chi connectivity index (χ3n) is 9.48. The van der Waals surface area contributed by atoms with Gasteiger partial charge in [-0.25, -0.2) is 9.97 Å². The van der Waals surface area contributed by atoms with E-state index in [1.807, 2.05) is 36.7 Å². The number of carbonyl (C=O) groups excluding carboxylic acids is 1. The van der Waals surface area contributed by atoms with Crippen molar-refractivity contribution in [2.45, 2.75) is 129 Å². The average molecular weight is 533 g/mol. The number of carbonyl (C=O) groups is 1. The summed E-state index contributed by atoms with van der Waals surface area (Å²) in [6.45, 7) is 4.49. The molecular weight excluding hydrogens is 480 g/mol. The van der Waals surface area contributed by atoms with E-state index in [0.717, 1.165) is 49.0 Å². The van der Waals surface area contributed by atoms with Crippen LogP contribution in [0, 0.1) is 23.7 Å². The second-order valence-corrected chi connectivity index (χ2v) is 12.4. The molecule has 1 aromatic carbocycles. The maximum atomic E-state index is 12.9. The van der Waals surface area contributed by atoms with E-state index >= 15 is 0 Å². The van der Waals surface area contributed by atoms with Gasteiger partial charge in [0.25, 0.3) is 0 Å². The molecule has 4 nitrogen and oxygen atoms in total. The first-order valence-corrected chi connectivity index (χ1v) is 16.3. The quantitative estimate of drug-likeness (QED) is 0.138.